The molecule has 8 heteroatoms. The van der Waals surface area contributed by atoms with Gasteiger partial charge in [0.05, 0.1) is 18.5 Å². The summed E-state index contributed by atoms with van der Waals surface area (Å²) >= 11 is 1.76. The third-order valence-corrected chi connectivity index (χ3v) is 4.96. The molecule has 29 heavy (non-hydrogen) atoms. The molecule has 0 amide bonds. The Bertz CT molecular complexity index is 940. The standard InChI is InChI=1S/C21H26N4O3S/c1-25(2)13-17-8-9-18(28-17)15-29-11-10-22-21-23-12-19(20(26)24-21)27-14-16-6-4-3-5-7-16/h3-9,12H,10-11,13-15H2,1-2H3,(H2,22,23,24,26). The van der Waals surface area contributed by atoms with Crippen molar-refractivity contribution in [1.82, 2.24) is 14.9 Å². The van der Waals surface area contributed by atoms with Crippen molar-refractivity contribution < 1.29 is 9.15 Å². The van der Waals surface area contributed by atoms with Gasteiger partial charge < -0.3 is 19.4 Å². The highest BCUT2D eigenvalue weighted by Crippen LogP contribution is 2.16. The second kappa shape index (κ2) is 10.7. The number of nitrogens with zero attached hydrogens (tertiary/aromatic N) is 2. The number of rotatable bonds is 11. The molecule has 2 aromatic heterocycles. The van der Waals surface area contributed by atoms with Gasteiger partial charge in [-0.15, -0.1) is 0 Å². The quantitative estimate of drug-likeness (QED) is 0.466. The number of H-pyrrole nitrogens is 1. The topological polar surface area (TPSA) is 83.4 Å². The van der Waals surface area contributed by atoms with Gasteiger partial charge in [-0.3, -0.25) is 9.78 Å². The van der Waals surface area contributed by atoms with Crippen LogP contribution in [0.15, 0.2) is 57.9 Å². The average Bonchev–Trinajstić information content (AvgIpc) is 3.14. The van der Waals surface area contributed by atoms with Crippen LogP contribution in [0.1, 0.15) is 17.1 Å². The number of hydrogen-bond acceptors (Lipinski definition) is 7. The lowest BCUT2D eigenvalue weighted by molar-refractivity contribution is 0.300. The van der Waals surface area contributed by atoms with Crippen LogP contribution < -0.4 is 15.6 Å². The fourth-order valence-electron chi connectivity index (χ4n) is 2.62. The Morgan fingerprint density at radius 2 is 1.97 bits per heavy atom. The summed E-state index contributed by atoms with van der Waals surface area (Å²) in [7, 11) is 4.03. The molecule has 0 saturated heterocycles. The third kappa shape index (κ3) is 6.99. The number of anilines is 1. The van der Waals surface area contributed by atoms with Gasteiger partial charge in [-0.05, 0) is 31.8 Å². The minimum absolute atomic E-state index is 0.208. The van der Waals surface area contributed by atoms with Crippen molar-refractivity contribution in [2.24, 2.45) is 0 Å². The van der Waals surface area contributed by atoms with E-state index < -0.39 is 0 Å². The predicted octanol–water partition coefficient (Wildman–Crippen LogP) is 3.35. The number of ether oxygens (including phenoxy) is 1. The van der Waals surface area contributed by atoms with Crippen LogP contribution >= 0.6 is 11.8 Å². The SMILES string of the molecule is CN(C)Cc1ccc(CSCCNc2ncc(OCc3ccccc3)c(=O)[nH]2)o1. The highest BCUT2D eigenvalue weighted by Gasteiger charge is 2.05. The van der Waals surface area contributed by atoms with Crippen molar-refractivity contribution in [3.8, 4) is 5.75 Å². The first-order chi connectivity index (χ1) is 14.1. The van der Waals surface area contributed by atoms with Crippen molar-refractivity contribution in [1.29, 1.82) is 0 Å². The summed E-state index contributed by atoms with van der Waals surface area (Å²) < 4.78 is 11.3. The Balaban J connectivity index is 1.38. The molecule has 0 aliphatic rings. The molecule has 0 unspecified atom stereocenters. The molecule has 2 N–H and O–H groups in total. The Labute approximate surface area is 174 Å². The van der Waals surface area contributed by atoms with Crippen LogP contribution in [0.25, 0.3) is 0 Å². The smallest absolute Gasteiger partial charge is 0.294 e. The van der Waals surface area contributed by atoms with Gasteiger partial charge in [0, 0.05) is 12.3 Å². The fraction of sp³-hybridized carbons (Fsp3) is 0.333. The van der Waals surface area contributed by atoms with Crippen molar-refractivity contribution in [3.63, 3.8) is 0 Å². The van der Waals surface area contributed by atoms with Crippen molar-refractivity contribution in [3.05, 3.63) is 76.1 Å². The monoisotopic (exact) mass is 414 g/mol. The maximum absolute atomic E-state index is 12.1. The van der Waals surface area contributed by atoms with Gasteiger partial charge in [-0.25, -0.2) is 4.98 Å². The number of furan rings is 1. The maximum Gasteiger partial charge on any atom is 0.294 e. The first kappa shape index (κ1) is 21.0. The van der Waals surface area contributed by atoms with Crippen LogP contribution in [0, 0.1) is 0 Å². The van der Waals surface area contributed by atoms with Gasteiger partial charge >= 0.3 is 0 Å². The molecule has 0 atom stereocenters. The molecular weight excluding hydrogens is 388 g/mol. The Morgan fingerprint density at radius 3 is 2.72 bits per heavy atom. The minimum Gasteiger partial charge on any atom is -0.482 e. The molecule has 0 radical (unpaired) electrons. The third-order valence-electron chi connectivity index (χ3n) is 3.98. The van der Waals surface area contributed by atoms with E-state index in [4.69, 9.17) is 9.15 Å². The average molecular weight is 415 g/mol. The second-order valence-corrected chi connectivity index (χ2v) is 7.89. The van der Waals surface area contributed by atoms with E-state index in [1.54, 1.807) is 11.8 Å². The zero-order valence-corrected chi connectivity index (χ0v) is 17.5. The highest BCUT2D eigenvalue weighted by atomic mass is 32.2. The molecule has 0 bridgehead atoms. The molecule has 154 valence electrons. The van der Waals surface area contributed by atoms with Gasteiger partial charge in [0.1, 0.15) is 18.1 Å². The Kier molecular flexibility index (Phi) is 7.77. The van der Waals surface area contributed by atoms with Gasteiger partial charge in [0.15, 0.2) is 0 Å². The molecule has 2 heterocycles. The number of aromatic nitrogens is 2. The summed E-state index contributed by atoms with van der Waals surface area (Å²) in [5, 5.41) is 3.12. The first-order valence-electron chi connectivity index (χ1n) is 9.40. The van der Waals surface area contributed by atoms with E-state index >= 15 is 0 Å². The molecule has 7 nitrogen and oxygen atoms in total. The van der Waals surface area contributed by atoms with Crippen molar-refractivity contribution in [2.75, 3.05) is 31.7 Å². The van der Waals surface area contributed by atoms with E-state index in [1.165, 1.54) is 6.20 Å². The van der Waals surface area contributed by atoms with Crippen LogP contribution in [-0.2, 0) is 18.9 Å². The van der Waals surface area contributed by atoms with Crippen LogP contribution in [-0.4, -0.2) is 41.3 Å². The van der Waals surface area contributed by atoms with E-state index in [2.05, 4.69) is 20.2 Å². The second-order valence-electron chi connectivity index (χ2n) is 6.78. The Morgan fingerprint density at radius 1 is 1.17 bits per heavy atom. The molecule has 0 fully saturated rings. The van der Waals surface area contributed by atoms with Gasteiger partial charge in [-0.1, -0.05) is 30.3 Å². The zero-order valence-electron chi connectivity index (χ0n) is 16.7. The van der Waals surface area contributed by atoms with E-state index in [9.17, 15) is 4.79 Å². The lowest BCUT2D eigenvalue weighted by atomic mass is 10.2. The summed E-state index contributed by atoms with van der Waals surface area (Å²) in [5.74, 6) is 4.26. The number of benzene rings is 1. The van der Waals surface area contributed by atoms with Gasteiger partial charge in [0.2, 0.25) is 11.7 Å². The molecule has 3 aromatic rings. The molecule has 0 spiro atoms. The predicted molar refractivity (Wildman–Crippen MR) is 116 cm³/mol. The largest absolute Gasteiger partial charge is 0.482 e. The summed E-state index contributed by atoms with van der Waals surface area (Å²) in [5.41, 5.74) is 0.701. The maximum atomic E-state index is 12.1. The lowest BCUT2D eigenvalue weighted by Gasteiger charge is -2.08. The van der Waals surface area contributed by atoms with Crippen LogP contribution in [0.4, 0.5) is 5.95 Å². The van der Waals surface area contributed by atoms with E-state index in [-0.39, 0.29) is 11.3 Å². The number of aromatic amines is 1. The molecule has 1 aromatic carbocycles. The van der Waals surface area contributed by atoms with Gasteiger partial charge in [0.25, 0.3) is 5.56 Å². The zero-order chi connectivity index (χ0) is 20.5. The normalized spacial score (nSPS) is 11.0. The number of hydrogen-bond donors (Lipinski definition) is 2. The Hall–Kier alpha value is -2.71. The number of thioether (sulfide) groups is 1. The van der Waals surface area contributed by atoms with Crippen molar-refractivity contribution in [2.45, 2.75) is 18.9 Å². The summed E-state index contributed by atoms with van der Waals surface area (Å²) in [4.78, 5) is 21.1. The minimum atomic E-state index is -0.296. The molecule has 3 rings (SSSR count). The molecule has 0 aliphatic heterocycles. The van der Waals surface area contributed by atoms with Crippen LogP contribution in [0.3, 0.4) is 0 Å². The lowest BCUT2D eigenvalue weighted by Crippen LogP contribution is -2.16. The molecule has 0 aliphatic carbocycles. The van der Waals surface area contributed by atoms with Crippen LogP contribution in [0.5, 0.6) is 5.75 Å². The van der Waals surface area contributed by atoms with E-state index in [0.717, 1.165) is 35.1 Å². The first-order valence-corrected chi connectivity index (χ1v) is 10.6. The van der Waals surface area contributed by atoms with E-state index in [0.29, 0.717) is 19.1 Å². The number of nitrogens with one attached hydrogen (secondary N) is 2. The molecule has 0 saturated carbocycles. The van der Waals surface area contributed by atoms with E-state index in [1.807, 2.05) is 56.6 Å². The summed E-state index contributed by atoms with van der Waals surface area (Å²) in [6.07, 6.45) is 1.45. The van der Waals surface area contributed by atoms with Crippen molar-refractivity contribution >= 4 is 17.7 Å². The highest BCUT2D eigenvalue weighted by molar-refractivity contribution is 7.98. The molecular formula is C21H26N4O3S. The van der Waals surface area contributed by atoms with Crippen LogP contribution in [0.2, 0.25) is 0 Å². The summed E-state index contributed by atoms with van der Waals surface area (Å²) in [6, 6.07) is 13.7. The summed E-state index contributed by atoms with van der Waals surface area (Å²) in [6.45, 7) is 1.82. The fourth-order valence-corrected chi connectivity index (χ4v) is 3.37. The van der Waals surface area contributed by atoms with Gasteiger partial charge in [-0.2, -0.15) is 11.8 Å².